The first-order valence-corrected chi connectivity index (χ1v) is 17.3. The van der Waals surface area contributed by atoms with E-state index in [0.29, 0.717) is 0 Å². The van der Waals surface area contributed by atoms with Gasteiger partial charge in [-0.15, -0.1) is 0 Å². The number of fused-ring (bicyclic) bond motifs is 5. The Hall–Kier alpha value is -6.50. The van der Waals surface area contributed by atoms with Gasteiger partial charge in [0.05, 0.1) is 0 Å². The molecule has 50 heavy (non-hydrogen) atoms. The lowest BCUT2D eigenvalue weighted by atomic mass is 9.85. The van der Waals surface area contributed by atoms with Gasteiger partial charge in [-0.25, -0.2) is 0 Å². The van der Waals surface area contributed by atoms with Gasteiger partial charge in [0.25, 0.3) is 0 Å². The molecule has 10 aromatic carbocycles. The van der Waals surface area contributed by atoms with Gasteiger partial charge in [-0.3, -0.25) is 0 Å². The van der Waals surface area contributed by atoms with Gasteiger partial charge in [-0.2, -0.15) is 0 Å². The average molecular weight is 633 g/mol. The average Bonchev–Trinajstić information content (AvgIpc) is 3.19. The van der Waals surface area contributed by atoms with Crippen molar-refractivity contribution in [1.29, 1.82) is 0 Å². The van der Waals surface area contributed by atoms with E-state index in [9.17, 15) is 0 Å². The highest BCUT2D eigenvalue weighted by Gasteiger charge is 2.17. The Labute approximate surface area is 291 Å². The minimum absolute atomic E-state index is 1.23. The van der Waals surface area contributed by atoms with Crippen LogP contribution in [0.3, 0.4) is 0 Å². The Kier molecular flexibility index (Phi) is 6.60. The van der Waals surface area contributed by atoms with Crippen LogP contribution >= 0.6 is 0 Å². The molecule has 0 bridgehead atoms. The Bertz CT molecular complexity index is 2840. The first-order chi connectivity index (χ1) is 24.8. The second-order valence-electron chi connectivity index (χ2n) is 13.2. The molecular weight excluding hydrogens is 601 g/mol. The molecule has 232 valence electrons. The van der Waals surface area contributed by atoms with Gasteiger partial charge >= 0.3 is 0 Å². The summed E-state index contributed by atoms with van der Waals surface area (Å²) in [7, 11) is 0. The third kappa shape index (κ3) is 4.61. The normalized spacial score (nSPS) is 11.6. The molecule has 0 amide bonds. The van der Waals surface area contributed by atoms with Crippen molar-refractivity contribution in [1.82, 2.24) is 0 Å². The third-order valence-electron chi connectivity index (χ3n) is 10.4. The summed E-state index contributed by atoms with van der Waals surface area (Å²) in [4.78, 5) is 0. The molecule has 0 fully saturated rings. The van der Waals surface area contributed by atoms with Gasteiger partial charge in [0.2, 0.25) is 0 Å². The van der Waals surface area contributed by atoms with Crippen molar-refractivity contribution in [2.45, 2.75) is 0 Å². The maximum Gasteiger partial charge on any atom is -0.00262 e. The fraction of sp³-hybridized carbons (Fsp3) is 0. The summed E-state index contributed by atoms with van der Waals surface area (Å²) in [5.74, 6) is 0. The van der Waals surface area contributed by atoms with Crippen LogP contribution in [0.5, 0.6) is 0 Å². The van der Waals surface area contributed by atoms with Crippen LogP contribution < -0.4 is 0 Å². The van der Waals surface area contributed by atoms with Crippen molar-refractivity contribution in [3.05, 3.63) is 194 Å². The zero-order valence-corrected chi connectivity index (χ0v) is 27.5. The molecule has 10 aromatic rings. The first kappa shape index (κ1) is 28.5. The highest BCUT2D eigenvalue weighted by molar-refractivity contribution is 6.22. The SMILES string of the molecule is c1ccc2c(-c3ccc(-c4c5ccccc5c(-c5ccc6ccc(-c7cccc8ccccc78)cc6c5)c5ccccc45)cc3)cccc2c1. The van der Waals surface area contributed by atoms with E-state index >= 15 is 0 Å². The quantitative estimate of drug-likeness (QED) is 0.169. The van der Waals surface area contributed by atoms with Crippen LogP contribution in [0.25, 0.3) is 98.4 Å². The van der Waals surface area contributed by atoms with E-state index in [1.54, 1.807) is 0 Å². The van der Waals surface area contributed by atoms with Crippen molar-refractivity contribution in [3.63, 3.8) is 0 Å². The summed E-state index contributed by atoms with van der Waals surface area (Å²) < 4.78 is 0. The maximum atomic E-state index is 2.39. The summed E-state index contributed by atoms with van der Waals surface area (Å²) in [6.07, 6.45) is 0. The molecule has 0 N–H and O–H groups in total. The van der Waals surface area contributed by atoms with Crippen molar-refractivity contribution >= 4 is 53.9 Å². The van der Waals surface area contributed by atoms with Crippen LogP contribution in [0.4, 0.5) is 0 Å². The van der Waals surface area contributed by atoms with Crippen molar-refractivity contribution in [2.24, 2.45) is 0 Å². The lowest BCUT2D eigenvalue weighted by Gasteiger charge is -2.18. The van der Waals surface area contributed by atoms with Gasteiger partial charge in [-0.1, -0.05) is 182 Å². The fourth-order valence-electron chi connectivity index (χ4n) is 8.09. The highest BCUT2D eigenvalue weighted by atomic mass is 14.2. The van der Waals surface area contributed by atoms with E-state index in [1.165, 1.54) is 98.4 Å². The number of hydrogen-bond acceptors (Lipinski definition) is 0. The van der Waals surface area contributed by atoms with Gasteiger partial charge in [0, 0.05) is 0 Å². The molecule has 0 atom stereocenters. The lowest BCUT2D eigenvalue weighted by Crippen LogP contribution is -1.91. The third-order valence-corrected chi connectivity index (χ3v) is 10.4. The summed E-state index contributed by atoms with van der Waals surface area (Å²) in [6, 6.07) is 71.3. The topological polar surface area (TPSA) is 0 Å². The summed E-state index contributed by atoms with van der Waals surface area (Å²) >= 11 is 0. The van der Waals surface area contributed by atoms with Gasteiger partial charge < -0.3 is 0 Å². The fourth-order valence-corrected chi connectivity index (χ4v) is 8.09. The predicted octanol–water partition coefficient (Wildman–Crippen LogP) is 14.1. The van der Waals surface area contributed by atoms with E-state index in [0.717, 1.165) is 0 Å². The predicted molar refractivity (Wildman–Crippen MR) is 216 cm³/mol. The second kappa shape index (κ2) is 11.6. The molecule has 0 spiro atoms. The van der Waals surface area contributed by atoms with Crippen LogP contribution in [0, 0.1) is 0 Å². The van der Waals surface area contributed by atoms with Crippen LogP contribution in [0.2, 0.25) is 0 Å². The Morgan fingerprint density at radius 1 is 0.200 bits per heavy atom. The molecule has 0 unspecified atom stereocenters. The molecule has 0 heterocycles. The zero-order chi connectivity index (χ0) is 33.0. The molecule has 0 aromatic heterocycles. The molecule has 0 aliphatic carbocycles. The van der Waals surface area contributed by atoms with E-state index in [2.05, 4.69) is 194 Å². The lowest BCUT2D eigenvalue weighted by molar-refractivity contribution is 1.63. The Morgan fingerprint density at radius 2 is 0.580 bits per heavy atom. The van der Waals surface area contributed by atoms with Gasteiger partial charge in [0.1, 0.15) is 0 Å². The zero-order valence-electron chi connectivity index (χ0n) is 27.5. The summed E-state index contributed by atoms with van der Waals surface area (Å²) in [5, 5.41) is 12.6. The monoisotopic (exact) mass is 632 g/mol. The van der Waals surface area contributed by atoms with Crippen LogP contribution in [-0.4, -0.2) is 0 Å². The van der Waals surface area contributed by atoms with E-state index < -0.39 is 0 Å². The number of rotatable bonds is 4. The molecule has 0 saturated heterocycles. The molecule has 0 aliphatic rings. The molecule has 0 radical (unpaired) electrons. The molecule has 0 heteroatoms. The number of hydrogen-bond donors (Lipinski definition) is 0. The molecule has 0 nitrogen and oxygen atoms in total. The summed E-state index contributed by atoms with van der Waals surface area (Å²) in [5.41, 5.74) is 10.0. The molecule has 0 aliphatic heterocycles. The van der Waals surface area contributed by atoms with Gasteiger partial charge in [-0.05, 0) is 111 Å². The van der Waals surface area contributed by atoms with Crippen molar-refractivity contribution in [2.75, 3.05) is 0 Å². The smallest absolute Gasteiger partial charge is 0.00262 e. The van der Waals surface area contributed by atoms with Gasteiger partial charge in [0.15, 0.2) is 0 Å². The molecule has 0 saturated carbocycles. The number of benzene rings is 10. The molecular formula is C50H32. The Balaban J connectivity index is 1.15. The largest absolute Gasteiger partial charge is 0.0616 e. The summed E-state index contributed by atoms with van der Waals surface area (Å²) in [6.45, 7) is 0. The molecule has 10 rings (SSSR count). The van der Waals surface area contributed by atoms with Crippen LogP contribution in [0.15, 0.2) is 194 Å². The minimum Gasteiger partial charge on any atom is -0.0616 e. The maximum absolute atomic E-state index is 2.39. The van der Waals surface area contributed by atoms with E-state index in [1.807, 2.05) is 0 Å². The Morgan fingerprint density at radius 3 is 1.14 bits per heavy atom. The van der Waals surface area contributed by atoms with Crippen molar-refractivity contribution < 1.29 is 0 Å². The van der Waals surface area contributed by atoms with E-state index in [-0.39, 0.29) is 0 Å². The standard InChI is InChI=1S/C50H32/c1-3-15-41-34(11-1)13-9-21-43(41)36-25-27-37(28-26-36)49-45-17-5-7-19-47(45)50(48-20-8-6-18-46(48)49)39-30-24-33-23-29-38(31-40(33)32-39)44-22-10-14-35-12-2-4-16-42(35)44/h1-32H. The van der Waals surface area contributed by atoms with Crippen LogP contribution in [-0.2, 0) is 0 Å². The van der Waals surface area contributed by atoms with Crippen LogP contribution in [0.1, 0.15) is 0 Å². The highest BCUT2D eigenvalue weighted by Crippen LogP contribution is 2.45. The minimum atomic E-state index is 1.23. The van der Waals surface area contributed by atoms with E-state index in [4.69, 9.17) is 0 Å². The first-order valence-electron chi connectivity index (χ1n) is 17.3. The van der Waals surface area contributed by atoms with Crippen molar-refractivity contribution in [3.8, 4) is 44.5 Å². The second-order valence-corrected chi connectivity index (χ2v) is 13.2.